The summed E-state index contributed by atoms with van der Waals surface area (Å²) in [6, 6.07) is 7.57. The van der Waals surface area contributed by atoms with Crippen molar-refractivity contribution < 1.29 is 9.59 Å². The van der Waals surface area contributed by atoms with E-state index in [1.54, 1.807) is 16.7 Å². The number of hydrogen-bond acceptors (Lipinski definition) is 4. The Kier molecular flexibility index (Phi) is 3.39. The van der Waals surface area contributed by atoms with Gasteiger partial charge >= 0.3 is 0 Å². The maximum absolute atomic E-state index is 12.7. The Morgan fingerprint density at radius 3 is 2.96 bits per heavy atom. The van der Waals surface area contributed by atoms with Gasteiger partial charge in [0.15, 0.2) is 4.80 Å². The maximum atomic E-state index is 12.7. The molecule has 2 aliphatic rings. The molecule has 1 aromatic carbocycles. The largest absolute Gasteiger partial charge is 0.319 e. The summed E-state index contributed by atoms with van der Waals surface area (Å²) in [5.74, 6) is 0.504. The summed E-state index contributed by atoms with van der Waals surface area (Å²) in [4.78, 5) is 31.4. The molecule has 0 saturated carbocycles. The highest BCUT2D eigenvalue weighted by molar-refractivity contribution is 8.01. The van der Waals surface area contributed by atoms with Gasteiger partial charge in [-0.1, -0.05) is 23.5 Å². The van der Waals surface area contributed by atoms with Gasteiger partial charge in [0.05, 0.1) is 15.1 Å². The first-order valence-electron chi connectivity index (χ1n) is 7.59. The van der Waals surface area contributed by atoms with Crippen LogP contribution in [0.4, 0.5) is 0 Å². The van der Waals surface area contributed by atoms with Crippen molar-refractivity contribution in [2.24, 2.45) is 12.0 Å². The third-order valence-corrected chi connectivity index (χ3v) is 7.27. The number of carbonyl (C=O) groups is 2. The second-order valence-electron chi connectivity index (χ2n) is 6.13. The van der Waals surface area contributed by atoms with Crippen molar-refractivity contribution in [1.82, 2.24) is 9.47 Å². The van der Waals surface area contributed by atoms with Crippen LogP contribution in [0.2, 0.25) is 0 Å². The second kappa shape index (κ2) is 5.21. The molecule has 0 unspecified atom stereocenters. The quantitative estimate of drug-likeness (QED) is 0.794. The molecule has 120 valence electrons. The summed E-state index contributed by atoms with van der Waals surface area (Å²) < 4.78 is 3.04. The molecule has 2 amide bonds. The van der Waals surface area contributed by atoms with E-state index in [4.69, 9.17) is 0 Å². The van der Waals surface area contributed by atoms with Gasteiger partial charge in [0.2, 0.25) is 5.91 Å². The molecule has 0 spiro atoms. The molecule has 0 aliphatic carbocycles. The van der Waals surface area contributed by atoms with E-state index in [-0.39, 0.29) is 16.7 Å². The Balaban J connectivity index is 1.72. The topological polar surface area (TPSA) is 54.7 Å². The number of aromatic nitrogens is 1. The van der Waals surface area contributed by atoms with Crippen LogP contribution in [0.1, 0.15) is 19.8 Å². The molecule has 0 N–H and O–H groups in total. The van der Waals surface area contributed by atoms with Crippen LogP contribution in [-0.4, -0.2) is 37.9 Å². The molecule has 2 atom stereocenters. The number of thioether (sulfide) groups is 1. The number of aryl methyl sites for hydroxylation is 1. The van der Waals surface area contributed by atoms with Gasteiger partial charge in [-0.25, -0.2) is 0 Å². The molecule has 7 heteroatoms. The van der Waals surface area contributed by atoms with E-state index in [9.17, 15) is 9.59 Å². The van der Waals surface area contributed by atoms with Crippen molar-refractivity contribution in [3.63, 3.8) is 0 Å². The number of fused-ring (bicyclic) bond motifs is 2. The second-order valence-corrected chi connectivity index (χ2v) is 8.64. The van der Waals surface area contributed by atoms with Gasteiger partial charge in [-0.05, 0) is 25.5 Å². The first-order chi connectivity index (χ1) is 11.0. The van der Waals surface area contributed by atoms with Crippen molar-refractivity contribution >= 4 is 45.1 Å². The maximum Gasteiger partial charge on any atom is 0.272 e. The lowest BCUT2D eigenvalue weighted by molar-refractivity contribution is -0.136. The molecule has 2 aliphatic heterocycles. The highest BCUT2D eigenvalue weighted by Crippen LogP contribution is 2.47. The minimum atomic E-state index is -0.426. The van der Waals surface area contributed by atoms with Gasteiger partial charge in [0.25, 0.3) is 5.91 Å². The summed E-state index contributed by atoms with van der Waals surface area (Å²) in [5, 5.41) is 0. The Bertz CT molecular complexity index is 885. The number of thiazole rings is 1. The third-order valence-electron chi connectivity index (χ3n) is 4.65. The van der Waals surface area contributed by atoms with E-state index in [0.29, 0.717) is 17.0 Å². The Labute approximate surface area is 142 Å². The number of para-hydroxylation sites is 1. The number of nitrogens with zero attached hydrogens (tertiary/aromatic N) is 3. The number of amides is 2. The number of carbonyl (C=O) groups excluding carboxylic acids is 2. The van der Waals surface area contributed by atoms with Crippen LogP contribution in [0, 0.1) is 0 Å². The highest BCUT2D eigenvalue weighted by Gasteiger charge is 2.52. The zero-order chi connectivity index (χ0) is 16.2. The lowest BCUT2D eigenvalue weighted by atomic mass is 10.2. The zero-order valence-electron chi connectivity index (χ0n) is 13.0. The average Bonchev–Trinajstić information content (AvgIpc) is 3.13. The summed E-state index contributed by atoms with van der Waals surface area (Å²) >= 11 is 3.20. The standard InChI is InChI=1S/C16H17N3O2S2/c1-16-8-7-13(20)19(16)11(9-22-16)14(21)17-15-18(2)10-5-3-4-6-12(10)23-15/h3-6,11H,7-9H2,1-2H3/t11-,16-/m0/s1. The first-order valence-corrected chi connectivity index (χ1v) is 9.39. The number of rotatable bonds is 1. The fourth-order valence-electron chi connectivity index (χ4n) is 3.36. The highest BCUT2D eigenvalue weighted by atomic mass is 32.2. The Morgan fingerprint density at radius 2 is 2.17 bits per heavy atom. The van der Waals surface area contributed by atoms with Crippen molar-refractivity contribution in [3.05, 3.63) is 29.1 Å². The lowest BCUT2D eigenvalue weighted by Crippen LogP contribution is -2.46. The molecule has 2 aromatic rings. The molecule has 2 saturated heterocycles. The monoisotopic (exact) mass is 347 g/mol. The van der Waals surface area contributed by atoms with Crippen LogP contribution in [0.25, 0.3) is 10.2 Å². The molecule has 4 rings (SSSR count). The molecule has 5 nitrogen and oxygen atoms in total. The van der Waals surface area contributed by atoms with Crippen LogP contribution in [-0.2, 0) is 16.6 Å². The SMILES string of the molecule is Cn1c(=NC(=O)[C@@H]2CS[C@@]3(C)CCC(=O)N23)sc2ccccc21. The molecular weight excluding hydrogens is 330 g/mol. The van der Waals surface area contributed by atoms with Gasteiger partial charge in [0, 0.05) is 19.2 Å². The van der Waals surface area contributed by atoms with Gasteiger partial charge in [-0.15, -0.1) is 11.8 Å². The Hall–Kier alpha value is -1.60. The minimum absolute atomic E-state index is 0.0757. The van der Waals surface area contributed by atoms with Gasteiger partial charge < -0.3 is 9.47 Å². The van der Waals surface area contributed by atoms with Crippen molar-refractivity contribution in [1.29, 1.82) is 0 Å². The zero-order valence-corrected chi connectivity index (χ0v) is 14.6. The third kappa shape index (κ3) is 2.25. The van der Waals surface area contributed by atoms with Crippen LogP contribution in [0.5, 0.6) is 0 Å². The molecule has 1 aromatic heterocycles. The average molecular weight is 347 g/mol. The van der Waals surface area contributed by atoms with Crippen LogP contribution < -0.4 is 4.80 Å². The van der Waals surface area contributed by atoms with E-state index in [0.717, 1.165) is 16.6 Å². The Morgan fingerprint density at radius 1 is 1.39 bits per heavy atom. The fraction of sp³-hybridized carbons (Fsp3) is 0.438. The number of hydrogen-bond donors (Lipinski definition) is 0. The molecule has 3 heterocycles. The summed E-state index contributed by atoms with van der Waals surface area (Å²) in [7, 11) is 1.92. The molecule has 2 fully saturated rings. The lowest BCUT2D eigenvalue weighted by Gasteiger charge is -2.28. The fourth-order valence-corrected chi connectivity index (χ4v) is 5.81. The van der Waals surface area contributed by atoms with E-state index < -0.39 is 6.04 Å². The van der Waals surface area contributed by atoms with Gasteiger partial charge in [-0.3, -0.25) is 9.59 Å². The van der Waals surface area contributed by atoms with Crippen molar-refractivity contribution in [2.45, 2.75) is 30.7 Å². The summed E-state index contributed by atoms with van der Waals surface area (Å²) in [6.45, 7) is 2.05. The molecule has 23 heavy (non-hydrogen) atoms. The van der Waals surface area contributed by atoms with E-state index in [1.165, 1.54) is 11.3 Å². The smallest absolute Gasteiger partial charge is 0.272 e. The van der Waals surface area contributed by atoms with Gasteiger partial charge in [0.1, 0.15) is 6.04 Å². The van der Waals surface area contributed by atoms with E-state index in [2.05, 4.69) is 11.9 Å². The van der Waals surface area contributed by atoms with Crippen LogP contribution in [0.15, 0.2) is 29.3 Å². The first kappa shape index (κ1) is 15.0. The molecule has 0 bridgehead atoms. The summed E-state index contributed by atoms with van der Waals surface area (Å²) in [5.41, 5.74) is 1.06. The molecule has 0 radical (unpaired) electrons. The van der Waals surface area contributed by atoms with Crippen molar-refractivity contribution in [2.75, 3.05) is 5.75 Å². The minimum Gasteiger partial charge on any atom is -0.319 e. The van der Waals surface area contributed by atoms with Gasteiger partial charge in [-0.2, -0.15) is 4.99 Å². The molecular formula is C16H17N3O2S2. The van der Waals surface area contributed by atoms with E-state index >= 15 is 0 Å². The predicted molar refractivity (Wildman–Crippen MR) is 92.1 cm³/mol. The van der Waals surface area contributed by atoms with Crippen LogP contribution >= 0.6 is 23.1 Å². The van der Waals surface area contributed by atoms with Crippen LogP contribution in [0.3, 0.4) is 0 Å². The predicted octanol–water partition coefficient (Wildman–Crippen LogP) is 2.12. The summed E-state index contributed by atoms with van der Waals surface area (Å²) in [6.07, 6.45) is 1.35. The van der Waals surface area contributed by atoms with Crippen molar-refractivity contribution in [3.8, 4) is 0 Å². The normalized spacial score (nSPS) is 27.9. The van der Waals surface area contributed by atoms with E-state index in [1.807, 2.05) is 35.9 Å². The number of benzene rings is 1.